The van der Waals surface area contributed by atoms with Crippen molar-refractivity contribution >= 4 is 23.0 Å². The van der Waals surface area contributed by atoms with Crippen molar-refractivity contribution < 1.29 is 10.0 Å². The maximum absolute atomic E-state index is 10.9. The lowest BCUT2D eigenvalue weighted by Gasteiger charge is -2.11. The number of aliphatic hydroxyl groups excluding tert-OH is 1. The first kappa shape index (κ1) is 14.3. The minimum Gasteiger partial charge on any atom is -0.386 e. The van der Waals surface area contributed by atoms with E-state index in [1.807, 2.05) is 0 Å². The Hall–Kier alpha value is -2.12. The Labute approximate surface area is 119 Å². The smallest absolute Gasteiger partial charge is 0.293 e. The molecule has 1 unspecified atom stereocenters. The molecule has 106 valence electrons. The summed E-state index contributed by atoms with van der Waals surface area (Å²) in [6.45, 7) is 0.133. The zero-order chi connectivity index (χ0) is 14.7. The van der Waals surface area contributed by atoms with Crippen LogP contribution in [0, 0.1) is 10.1 Å². The quantitative estimate of drug-likeness (QED) is 0.651. The molecule has 1 heterocycles. The molecular weight excluding hydrogens is 284 g/mol. The number of hydrogen-bond acceptors (Lipinski definition) is 5. The number of nitrogens with one attached hydrogen (secondary N) is 1. The highest BCUT2D eigenvalue weighted by molar-refractivity contribution is 6.30. The molecule has 0 aliphatic heterocycles. The molecular formula is C12H13ClN4O3. The Balaban J connectivity index is 2.09. The van der Waals surface area contributed by atoms with Crippen LogP contribution in [0.25, 0.3) is 0 Å². The fourth-order valence-corrected chi connectivity index (χ4v) is 1.91. The molecule has 0 aliphatic carbocycles. The largest absolute Gasteiger partial charge is 0.386 e. The summed E-state index contributed by atoms with van der Waals surface area (Å²) >= 11 is 5.73. The average molecular weight is 297 g/mol. The lowest BCUT2D eigenvalue weighted by atomic mass is 10.2. The van der Waals surface area contributed by atoms with Gasteiger partial charge in [-0.25, -0.2) is 0 Å². The van der Waals surface area contributed by atoms with Gasteiger partial charge in [0, 0.05) is 36.4 Å². The highest BCUT2D eigenvalue weighted by Gasteiger charge is 2.16. The van der Waals surface area contributed by atoms with Crippen LogP contribution in [0.2, 0.25) is 5.02 Å². The molecule has 0 bridgehead atoms. The lowest BCUT2D eigenvalue weighted by Crippen LogP contribution is -2.12. The summed E-state index contributed by atoms with van der Waals surface area (Å²) in [5, 5.41) is 28.0. The molecule has 0 saturated heterocycles. The van der Waals surface area contributed by atoms with E-state index in [4.69, 9.17) is 11.6 Å². The summed E-state index contributed by atoms with van der Waals surface area (Å²) in [5.74, 6) is 0. The number of aromatic nitrogens is 2. The van der Waals surface area contributed by atoms with E-state index >= 15 is 0 Å². The number of benzene rings is 1. The number of nitrogens with zero attached hydrogens (tertiary/aromatic N) is 3. The monoisotopic (exact) mass is 296 g/mol. The van der Waals surface area contributed by atoms with E-state index in [-0.39, 0.29) is 17.3 Å². The number of nitro benzene ring substituents is 1. The number of hydrogen-bond donors (Lipinski definition) is 2. The second-order valence-electron chi connectivity index (χ2n) is 4.26. The topological polar surface area (TPSA) is 93.2 Å². The molecule has 20 heavy (non-hydrogen) atoms. The standard InChI is InChI=1S/C12H13ClN4O3/c1-16-7-8(5-15-16)12(18)6-14-10-3-2-9(13)4-11(10)17(19)20/h2-5,7,12,14,18H,6H2,1H3. The van der Waals surface area contributed by atoms with Gasteiger partial charge in [-0.15, -0.1) is 0 Å². The molecule has 1 aromatic carbocycles. The second-order valence-corrected chi connectivity index (χ2v) is 4.70. The first-order valence-corrected chi connectivity index (χ1v) is 6.19. The molecule has 2 rings (SSSR count). The predicted octanol–water partition coefficient (Wildman–Crippen LogP) is 2.13. The molecule has 1 atom stereocenters. The Morgan fingerprint density at radius 1 is 1.60 bits per heavy atom. The van der Waals surface area contributed by atoms with Crippen molar-refractivity contribution in [3.05, 3.63) is 51.3 Å². The van der Waals surface area contributed by atoms with Gasteiger partial charge in [-0.1, -0.05) is 11.6 Å². The lowest BCUT2D eigenvalue weighted by molar-refractivity contribution is -0.383. The van der Waals surface area contributed by atoms with Crippen LogP contribution < -0.4 is 5.32 Å². The molecule has 8 heteroatoms. The number of rotatable bonds is 5. The molecule has 0 aliphatic rings. The van der Waals surface area contributed by atoms with Gasteiger partial charge in [0.05, 0.1) is 17.2 Å². The SMILES string of the molecule is Cn1cc(C(O)CNc2ccc(Cl)cc2[N+](=O)[O-])cn1. The van der Waals surface area contributed by atoms with Crippen molar-refractivity contribution in [2.75, 3.05) is 11.9 Å². The van der Waals surface area contributed by atoms with Crippen molar-refractivity contribution in [1.82, 2.24) is 9.78 Å². The Morgan fingerprint density at radius 2 is 2.35 bits per heavy atom. The molecule has 7 nitrogen and oxygen atoms in total. The first-order chi connectivity index (χ1) is 9.47. The van der Waals surface area contributed by atoms with Crippen LogP contribution >= 0.6 is 11.6 Å². The second kappa shape index (κ2) is 5.89. The summed E-state index contributed by atoms with van der Waals surface area (Å²) in [5.41, 5.74) is 0.815. The van der Waals surface area contributed by atoms with Gasteiger partial charge >= 0.3 is 0 Å². The van der Waals surface area contributed by atoms with E-state index < -0.39 is 11.0 Å². The van der Waals surface area contributed by atoms with Gasteiger partial charge in [-0.3, -0.25) is 14.8 Å². The van der Waals surface area contributed by atoms with Gasteiger partial charge in [0.25, 0.3) is 5.69 Å². The van der Waals surface area contributed by atoms with Crippen molar-refractivity contribution in [1.29, 1.82) is 0 Å². The average Bonchev–Trinajstić information content (AvgIpc) is 2.83. The van der Waals surface area contributed by atoms with Crippen LogP contribution in [-0.2, 0) is 7.05 Å². The number of anilines is 1. The Morgan fingerprint density at radius 3 is 2.95 bits per heavy atom. The van der Waals surface area contributed by atoms with E-state index in [0.29, 0.717) is 11.3 Å². The van der Waals surface area contributed by atoms with Gasteiger partial charge in [-0.05, 0) is 12.1 Å². The predicted molar refractivity (Wildman–Crippen MR) is 74.8 cm³/mol. The highest BCUT2D eigenvalue weighted by atomic mass is 35.5. The number of aryl methyl sites for hydroxylation is 1. The summed E-state index contributed by atoms with van der Waals surface area (Å²) < 4.78 is 1.57. The van der Waals surface area contributed by atoms with Crippen LogP contribution in [0.3, 0.4) is 0 Å². The summed E-state index contributed by atoms with van der Waals surface area (Å²) in [6, 6.07) is 4.32. The summed E-state index contributed by atoms with van der Waals surface area (Å²) in [4.78, 5) is 10.4. The van der Waals surface area contributed by atoms with Crippen LogP contribution in [0.1, 0.15) is 11.7 Å². The molecule has 0 amide bonds. The van der Waals surface area contributed by atoms with Gasteiger partial charge in [-0.2, -0.15) is 5.10 Å². The van der Waals surface area contributed by atoms with Crippen LogP contribution in [-0.4, -0.2) is 26.4 Å². The number of aliphatic hydroxyl groups is 1. The molecule has 2 N–H and O–H groups in total. The van der Waals surface area contributed by atoms with Gasteiger partial charge < -0.3 is 10.4 Å². The summed E-state index contributed by atoms with van der Waals surface area (Å²) in [7, 11) is 1.74. The minimum absolute atomic E-state index is 0.129. The minimum atomic E-state index is -0.806. The van der Waals surface area contributed by atoms with E-state index in [1.54, 1.807) is 30.2 Å². The maximum Gasteiger partial charge on any atom is 0.293 e. The van der Waals surface area contributed by atoms with Gasteiger partial charge in [0.15, 0.2) is 0 Å². The van der Waals surface area contributed by atoms with Crippen molar-refractivity contribution in [3.63, 3.8) is 0 Å². The van der Waals surface area contributed by atoms with Gasteiger partial charge in [0.1, 0.15) is 5.69 Å². The maximum atomic E-state index is 10.9. The summed E-state index contributed by atoms with van der Waals surface area (Å²) in [6.07, 6.45) is 2.42. The molecule has 0 fully saturated rings. The van der Waals surface area contributed by atoms with Crippen LogP contribution in [0.4, 0.5) is 11.4 Å². The van der Waals surface area contributed by atoms with Crippen LogP contribution in [0.15, 0.2) is 30.6 Å². The first-order valence-electron chi connectivity index (χ1n) is 5.82. The third-order valence-electron chi connectivity index (χ3n) is 2.75. The highest BCUT2D eigenvalue weighted by Crippen LogP contribution is 2.28. The van der Waals surface area contributed by atoms with E-state index in [9.17, 15) is 15.2 Å². The van der Waals surface area contributed by atoms with Gasteiger partial charge in [0.2, 0.25) is 0 Å². The fourth-order valence-electron chi connectivity index (χ4n) is 1.74. The van der Waals surface area contributed by atoms with E-state index in [0.717, 1.165) is 0 Å². The van der Waals surface area contributed by atoms with Crippen molar-refractivity contribution in [2.24, 2.45) is 7.05 Å². The Bertz CT molecular complexity index is 629. The zero-order valence-electron chi connectivity index (χ0n) is 10.7. The molecule has 0 spiro atoms. The van der Waals surface area contributed by atoms with Crippen molar-refractivity contribution in [2.45, 2.75) is 6.10 Å². The third kappa shape index (κ3) is 3.25. The molecule has 2 aromatic rings. The fraction of sp³-hybridized carbons (Fsp3) is 0.250. The third-order valence-corrected chi connectivity index (χ3v) is 2.99. The van der Waals surface area contributed by atoms with Crippen molar-refractivity contribution in [3.8, 4) is 0 Å². The Kier molecular flexibility index (Phi) is 4.21. The van der Waals surface area contributed by atoms with E-state index in [2.05, 4.69) is 10.4 Å². The number of halogens is 1. The molecule has 0 radical (unpaired) electrons. The molecule has 0 saturated carbocycles. The number of nitro groups is 1. The van der Waals surface area contributed by atoms with Crippen LogP contribution in [0.5, 0.6) is 0 Å². The zero-order valence-corrected chi connectivity index (χ0v) is 11.4. The molecule has 1 aromatic heterocycles. The normalized spacial score (nSPS) is 12.2. The van der Waals surface area contributed by atoms with E-state index in [1.165, 1.54) is 12.1 Å².